The van der Waals surface area contributed by atoms with Crippen molar-refractivity contribution >= 4 is 33.4 Å². The molecule has 1 aromatic rings. The van der Waals surface area contributed by atoms with Crippen molar-refractivity contribution in [3.8, 4) is 5.75 Å². The van der Waals surface area contributed by atoms with Gasteiger partial charge in [-0.1, -0.05) is 27.5 Å². The molecular weight excluding hydrogens is 309 g/mol. The largest absolute Gasteiger partial charge is 0.482 e. The van der Waals surface area contributed by atoms with Crippen molar-refractivity contribution in [3.63, 3.8) is 0 Å². The molecule has 4 nitrogen and oxygen atoms in total. The van der Waals surface area contributed by atoms with Gasteiger partial charge in [0.1, 0.15) is 5.75 Å². The fourth-order valence-corrected chi connectivity index (χ4v) is 1.78. The molecule has 0 saturated carbocycles. The van der Waals surface area contributed by atoms with Gasteiger partial charge < -0.3 is 15.2 Å². The number of carbonyl (C=O) groups is 1. The van der Waals surface area contributed by atoms with Crippen LogP contribution in [0.25, 0.3) is 0 Å². The van der Waals surface area contributed by atoms with Gasteiger partial charge >= 0.3 is 0 Å². The number of carbonyl (C=O) groups excluding carboxylic acids is 1. The molecule has 0 aliphatic carbocycles. The molecule has 1 amide bonds. The van der Waals surface area contributed by atoms with Crippen molar-refractivity contribution in [2.24, 2.45) is 0 Å². The maximum absolute atomic E-state index is 11.3. The van der Waals surface area contributed by atoms with Crippen LogP contribution >= 0.6 is 27.5 Å². The van der Waals surface area contributed by atoms with Crippen LogP contribution in [0.3, 0.4) is 0 Å². The van der Waals surface area contributed by atoms with E-state index in [0.717, 1.165) is 4.47 Å². The van der Waals surface area contributed by atoms with E-state index in [2.05, 4.69) is 21.2 Å². The molecule has 0 spiro atoms. The van der Waals surface area contributed by atoms with E-state index in [1.54, 1.807) is 25.1 Å². The minimum Gasteiger partial charge on any atom is -0.482 e. The number of aliphatic hydroxyl groups is 1. The number of hydrogen-bond donors (Lipinski definition) is 2. The maximum atomic E-state index is 11.3. The van der Waals surface area contributed by atoms with Crippen LogP contribution in [0.2, 0.25) is 5.02 Å². The van der Waals surface area contributed by atoms with Crippen LogP contribution in [0.1, 0.15) is 6.92 Å². The molecule has 0 unspecified atom stereocenters. The summed E-state index contributed by atoms with van der Waals surface area (Å²) in [5, 5.41) is 11.9. The van der Waals surface area contributed by atoms with E-state index < -0.39 is 6.10 Å². The van der Waals surface area contributed by atoms with E-state index in [-0.39, 0.29) is 19.1 Å². The molecule has 0 saturated heterocycles. The average Bonchev–Trinajstić information content (AvgIpc) is 2.25. The second kappa shape index (κ2) is 6.83. The first-order chi connectivity index (χ1) is 7.99. The molecule has 0 fully saturated rings. The van der Waals surface area contributed by atoms with Gasteiger partial charge in [0.25, 0.3) is 5.91 Å². The molecular formula is C11H13BrClNO3. The predicted molar refractivity (Wildman–Crippen MR) is 69.3 cm³/mol. The van der Waals surface area contributed by atoms with E-state index >= 15 is 0 Å². The highest BCUT2D eigenvalue weighted by atomic mass is 79.9. The van der Waals surface area contributed by atoms with Gasteiger partial charge in [0.15, 0.2) is 6.61 Å². The Morgan fingerprint density at radius 3 is 2.94 bits per heavy atom. The third-order valence-corrected chi connectivity index (χ3v) is 2.64. The van der Waals surface area contributed by atoms with Crippen LogP contribution in [0, 0.1) is 0 Å². The van der Waals surface area contributed by atoms with E-state index in [9.17, 15) is 4.79 Å². The Bertz CT molecular complexity index is 398. The molecule has 17 heavy (non-hydrogen) atoms. The Morgan fingerprint density at radius 2 is 2.35 bits per heavy atom. The van der Waals surface area contributed by atoms with Crippen molar-refractivity contribution in [2.75, 3.05) is 13.2 Å². The zero-order chi connectivity index (χ0) is 12.8. The van der Waals surface area contributed by atoms with Gasteiger partial charge in [-0.3, -0.25) is 4.79 Å². The highest BCUT2D eigenvalue weighted by Gasteiger charge is 2.06. The Morgan fingerprint density at radius 1 is 1.65 bits per heavy atom. The summed E-state index contributed by atoms with van der Waals surface area (Å²) in [4.78, 5) is 11.3. The number of benzene rings is 1. The predicted octanol–water partition coefficient (Wildman–Crippen LogP) is 1.98. The standard InChI is InChI=1S/C11H13BrClNO3/c1-7(15)5-14-11(16)6-17-10-3-2-8(12)4-9(10)13/h2-4,7,15H,5-6H2,1H3,(H,14,16)/t7-/m1/s1. The van der Waals surface area contributed by atoms with Gasteiger partial charge in [-0.05, 0) is 25.1 Å². The quantitative estimate of drug-likeness (QED) is 0.871. The molecule has 0 bridgehead atoms. The molecule has 6 heteroatoms. The van der Waals surface area contributed by atoms with Gasteiger partial charge in [0.05, 0.1) is 11.1 Å². The maximum Gasteiger partial charge on any atom is 0.258 e. The van der Waals surface area contributed by atoms with E-state index in [1.165, 1.54) is 0 Å². The number of halogens is 2. The second-order valence-electron chi connectivity index (χ2n) is 3.52. The van der Waals surface area contributed by atoms with Crippen molar-refractivity contribution < 1.29 is 14.6 Å². The number of hydrogen-bond acceptors (Lipinski definition) is 3. The van der Waals surface area contributed by atoms with Gasteiger partial charge in [-0.15, -0.1) is 0 Å². The number of ether oxygens (including phenoxy) is 1. The van der Waals surface area contributed by atoms with E-state index in [1.807, 2.05) is 0 Å². The number of rotatable bonds is 5. The Kier molecular flexibility index (Phi) is 5.74. The lowest BCUT2D eigenvalue weighted by molar-refractivity contribution is -0.123. The Balaban J connectivity index is 2.42. The smallest absolute Gasteiger partial charge is 0.258 e. The molecule has 0 heterocycles. The van der Waals surface area contributed by atoms with Crippen molar-refractivity contribution in [1.82, 2.24) is 5.32 Å². The summed E-state index contributed by atoms with van der Waals surface area (Å²) in [6.45, 7) is 1.66. The van der Waals surface area contributed by atoms with Crippen LogP contribution in [-0.2, 0) is 4.79 Å². The van der Waals surface area contributed by atoms with Gasteiger partial charge in [0, 0.05) is 11.0 Å². The van der Waals surface area contributed by atoms with Crippen LogP contribution in [0.4, 0.5) is 0 Å². The highest BCUT2D eigenvalue weighted by Crippen LogP contribution is 2.27. The molecule has 1 atom stereocenters. The summed E-state index contributed by atoms with van der Waals surface area (Å²) in [7, 11) is 0. The molecule has 0 aliphatic heterocycles. The third-order valence-electron chi connectivity index (χ3n) is 1.85. The average molecular weight is 323 g/mol. The first-order valence-electron chi connectivity index (χ1n) is 5.01. The Labute approximate surface area is 113 Å². The Hall–Kier alpha value is -0.780. The van der Waals surface area contributed by atoms with Crippen molar-refractivity contribution in [2.45, 2.75) is 13.0 Å². The van der Waals surface area contributed by atoms with Crippen LogP contribution < -0.4 is 10.1 Å². The number of amides is 1. The fraction of sp³-hybridized carbons (Fsp3) is 0.364. The minimum absolute atomic E-state index is 0.131. The van der Waals surface area contributed by atoms with Crippen LogP contribution in [0.15, 0.2) is 22.7 Å². The molecule has 0 aliphatic rings. The zero-order valence-electron chi connectivity index (χ0n) is 9.24. The van der Waals surface area contributed by atoms with Gasteiger partial charge in [-0.2, -0.15) is 0 Å². The molecule has 1 rings (SSSR count). The monoisotopic (exact) mass is 321 g/mol. The van der Waals surface area contributed by atoms with Crippen molar-refractivity contribution in [3.05, 3.63) is 27.7 Å². The molecule has 0 aromatic heterocycles. The van der Waals surface area contributed by atoms with Crippen LogP contribution in [-0.4, -0.2) is 30.3 Å². The number of nitrogens with one attached hydrogen (secondary N) is 1. The first-order valence-corrected chi connectivity index (χ1v) is 6.18. The van der Waals surface area contributed by atoms with E-state index in [0.29, 0.717) is 10.8 Å². The second-order valence-corrected chi connectivity index (χ2v) is 4.84. The molecule has 94 valence electrons. The van der Waals surface area contributed by atoms with Crippen LogP contribution in [0.5, 0.6) is 5.75 Å². The first kappa shape index (κ1) is 14.3. The van der Waals surface area contributed by atoms with Gasteiger partial charge in [0.2, 0.25) is 0 Å². The minimum atomic E-state index is -0.574. The lowest BCUT2D eigenvalue weighted by Gasteiger charge is -2.09. The highest BCUT2D eigenvalue weighted by molar-refractivity contribution is 9.10. The lowest BCUT2D eigenvalue weighted by Crippen LogP contribution is -2.34. The normalized spacial score (nSPS) is 12.0. The fourth-order valence-electron chi connectivity index (χ4n) is 1.05. The summed E-state index contributed by atoms with van der Waals surface area (Å²) in [5.74, 6) is 0.145. The summed E-state index contributed by atoms with van der Waals surface area (Å²) < 4.78 is 6.08. The summed E-state index contributed by atoms with van der Waals surface area (Å²) >= 11 is 9.18. The topological polar surface area (TPSA) is 58.6 Å². The zero-order valence-corrected chi connectivity index (χ0v) is 11.6. The molecule has 0 radical (unpaired) electrons. The molecule has 2 N–H and O–H groups in total. The molecule has 1 aromatic carbocycles. The summed E-state index contributed by atoms with van der Waals surface area (Å²) in [5.41, 5.74) is 0. The summed E-state index contributed by atoms with van der Waals surface area (Å²) in [6, 6.07) is 5.13. The SMILES string of the molecule is C[C@@H](O)CNC(=O)COc1ccc(Br)cc1Cl. The van der Waals surface area contributed by atoms with Crippen molar-refractivity contribution in [1.29, 1.82) is 0 Å². The number of aliphatic hydroxyl groups excluding tert-OH is 1. The van der Waals surface area contributed by atoms with E-state index in [4.69, 9.17) is 21.4 Å². The summed E-state index contributed by atoms with van der Waals surface area (Å²) in [6.07, 6.45) is -0.574. The van der Waals surface area contributed by atoms with Gasteiger partial charge in [-0.25, -0.2) is 0 Å². The lowest BCUT2D eigenvalue weighted by atomic mass is 10.3. The third kappa shape index (κ3) is 5.39.